The topological polar surface area (TPSA) is 114 Å². The second-order valence-corrected chi connectivity index (χ2v) is 53.9. The zero-order chi connectivity index (χ0) is 70.3. The summed E-state index contributed by atoms with van der Waals surface area (Å²) < 4.78 is 40.8. The number of carbonyl (C=O) groups is 2. The Morgan fingerprint density at radius 3 is 0.766 bits per heavy atom. The van der Waals surface area contributed by atoms with Crippen LogP contribution >= 0.6 is 0 Å². The van der Waals surface area contributed by atoms with Gasteiger partial charge >= 0.3 is 0 Å². The molecule has 0 aliphatic heterocycles. The van der Waals surface area contributed by atoms with Gasteiger partial charge in [-0.05, 0) is 92.2 Å². The van der Waals surface area contributed by atoms with E-state index in [-0.39, 0.29) is 56.6 Å². The summed E-state index contributed by atoms with van der Waals surface area (Å²) in [4.78, 5) is 27.0. The summed E-state index contributed by atoms with van der Waals surface area (Å²) in [7, 11) is -8.42. The van der Waals surface area contributed by atoms with E-state index < -0.39 is 33.3 Å². The Hall–Kier alpha value is -1.34. The van der Waals surface area contributed by atoms with Gasteiger partial charge in [-0.2, -0.15) is 0 Å². The van der Waals surface area contributed by atoms with Crippen molar-refractivity contribution in [3.8, 4) is 11.5 Å². The van der Waals surface area contributed by atoms with Crippen LogP contribution in [0, 0.1) is 20.3 Å². The number of nitrogens with one attached hydrogen (secondary N) is 2. The van der Waals surface area contributed by atoms with Gasteiger partial charge in [-0.15, -0.1) is 40.8 Å². The molecule has 15 heteroatoms. The molecule has 94 heavy (non-hydrogen) atoms. The first-order valence-corrected chi connectivity index (χ1v) is 46.7. The van der Waals surface area contributed by atoms with Crippen molar-refractivity contribution < 1.29 is 69.5 Å². The molecule has 2 amide bonds. The molecule has 1 radical (unpaired) electrons. The van der Waals surface area contributed by atoms with Gasteiger partial charge in [-0.25, -0.2) is 0 Å². The van der Waals surface area contributed by atoms with Crippen molar-refractivity contribution >= 4 is 45.1 Å². The molecule has 0 heterocycles. The molecule has 2 aromatic carbocycles. The van der Waals surface area contributed by atoms with Gasteiger partial charge in [0.25, 0.3) is 0 Å². The Bertz CT molecular complexity index is 2040. The minimum absolute atomic E-state index is 0. The van der Waals surface area contributed by atoms with Crippen LogP contribution in [0.4, 0.5) is 0 Å². The Morgan fingerprint density at radius 2 is 0.553 bits per heavy atom. The van der Waals surface area contributed by atoms with Gasteiger partial charge in [0, 0.05) is 45.6 Å². The molecule has 0 spiro atoms. The monoisotopic (exact) mass is 1450 g/mol. The van der Waals surface area contributed by atoms with Crippen LogP contribution in [0.25, 0.3) is 0 Å². The fraction of sp³-hybridized carbons (Fsp3) is 0.810. The largest absolute Gasteiger partial charge is 0.495 e. The van der Waals surface area contributed by atoms with Crippen LogP contribution in [0.1, 0.15) is 304 Å². The molecule has 0 saturated heterocycles. The van der Waals surface area contributed by atoms with E-state index >= 15 is 0 Å². The number of ether oxygens (including phenoxy) is 2. The van der Waals surface area contributed by atoms with Crippen LogP contribution in [-0.4, -0.2) is 96.8 Å². The number of rotatable bonds is 52. The third-order valence-electron chi connectivity index (χ3n) is 21.6. The summed E-state index contributed by atoms with van der Waals surface area (Å²) in [5.41, 5.74) is 10.6. The summed E-state index contributed by atoms with van der Waals surface area (Å²) in [6.07, 6.45) is 21.4. The number of amides is 2. The van der Waals surface area contributed by atoms with Gasteiger partial charge in [0.05, 0.1) is 51.7 Å². The predicted octanol–water partition coefficient (Wildman–Crippen LogP) is 23.4. The van der Waals surface area contributed by atoms with E-state index in [2.05, 4.69) is 233 Å². The number of benzene rings is 2. The van der Waals surface area contributed by atoms with E-state index in [9.17, 15) is 9.59 Å². The van der Waals surface area contributed by atoms with Crippen molar-refractivity contribution in [3.63, 3.8) is 0 Å². The third-order valence-corrected chi connectivity index (χ3v) is 45.9. The van der Waals surface area contributed by atoms with E-state index in [1.807, 2.05) is 0 Å². The molecule has 0 atom stereocenters. The molecule has 10 nitrogen and oxygen atoms in total. The third kappa shape index (κ3) is 28.2. The van der Waals surface area contributed by atoms with Gasteiger partial charge < -0.3 is 37.8 Å². The SMILES string of the molecule is Cc1cc(OCCCCCCCCCCC(=O)NC(CO[Si](C(C)C)(C(C)C)C(C)C)CO[Si](C(C)C)(C(C)C)C(C)C)ccc1[CH-]c1ccc(OCCCCCCCCCCC(=O)NC(CO[Si](C(C)C)(C(C)C)C(C)C)CO[Si](C(C)C)(C(C)C)C(C)C)cc1C.[Y]. The summed E-state index contributed by atoms with van der Waals surface area (Å²) in [6, 6.07) is 12.6. The number of aryl methyl sites for hydroxylation is 2. The first-order valence-electron chi connectivity index (χ1n) is 38.2. The molecule has 0 fully saturated rings. The fourth-order valence-electron chi connectivity index (χ4n) is 17.1. The number of carbonyl (C=O) groups excluding carboxylic acids is 2. The first kappa shape index (κ1) is 90.7. The minimum Gasteiger partial charge on any atom is -0.495 e. The maximum absolute atomic E-state index is 13.5. The molecular formula is C79H149N2O8Si4Y-. The molecule has 543 valence electrons. The summed E-state index contributed by atoms with van der Waals surface area (Å²) >= 11 is 0. The van der Waals surface area contributed by atoms with Crippen molar-refractivity contribution in [2.75, 3.05) is 39.6 Å². The maximum atomic E-state index is 13.5. The van der Waals surface area contributed by atoms with Crippen LogP contribution in [0.5, 0.6) is 11.5 Å². The molecule has 0 aliphatic rings. The van der Waals surface area contributed by atoms with Crippen LogP contribution in [0.15, 0.2) is 36.4 Å². The molecule has 2 rings (SSSR count). The number of hydrogen-bond donors (Lipinski definition) is 2. The molecule has 2 aromatic rings. The summed E-state index contributed by atoms with van der Waals surface area (Å²) in [5, 5.41) is 6.84. The minimum atomic E-state index is -2.10. The van der Waals surface area contributed by atoms with Crippen LogP contribution in [0.2, 0.25) is 66.5 Å². The van der Waals surface area contributed by atoms with Gasteiger partial charge in [-0.3, -0.25) is 9.59 Å². The van der Waals surface area contributed by atoms with Gasteiger partial charge in [0.2, 0.25) is 11.8 Å². The number of unbranched alkanes of at least 4 members (excludes halogenated alkanes) is 14. The summed E-state index contributed by atoms with van der Waals surface area (Å²) in [5.74, 6) is 2.12. The second-order valence-electron chi connectivity index (χ2n) is 32.1. The van der Waals surface area contributed by atoms with Crippen molar-refractivity contribution in [1.82, 2.24) is 10.6 Å². The fourth-order valence-corrected chi connectivity index (χ4v) is 39.0. The summed E-state index contributed by atoms with van der Waals surface area (Å²) in [6.45, 7) is 63.8. The first-order chi connectivity index (χ1) is 43.7. The van der Waals surface area contributed by atoms with E-state index in [1.54, 1.807) is 0 Å². The Labute approximate surface area is 610 Å². The zero-order valence-corrected chi connectivity index (χ0v) is 72.8. The van der Waals surface area contributed by atoms with Gasteiger partial charge in [-0.1, -0.05) is 281 Å². The quantitative estimate of drug-likeness (QED) is 0.0383. The van der Waals surface area contributed by atoms with E-state index in [0.717, 1.165) is 88.9 Å². The molecule has 2 N–H and O–H groups in total. The Morgan fingerprint density at radius 1 is 0.340 bits per heavy atom. The second kappa shape index (κ2) is 46.2. The standard InChI is InChI=1S/C79H149N2O8Si4.Y/c1-58(2)90(59(3)4,60(5)6)86-54-74(55-87-91(61(7)8,62(9)10)63(11)12)80-78(82)43-39-35-31-27-29-33-37-41-49-84-76-47-45-72(70(25)51-76)53-73-46-48-77(52-71(73)26)85-50-42-38-34-30-28-32-36-40-44-79(83)81-75(56-88-92(64(13)14,65(15)16)66(17)18)57-89-93(67(19)20,68(21)22)69(23)24;/h45-48,51-53,58-69,74-75H,27-44,49-50,54-57H2,1-26H3,(H,80,82)(H,81,83);/q-1;. The average Bonchev–Trinajstić information content (AvgIpc) is 0.825. The van der Waals surface area contributed by atoms with E-state index in [4.69, 9.17) is 27.2 Å². The molecule has 0 bridgehead atoms. The van der Waals surface area contributed by atoms with E-state index in [1.165, 1.54) is 60.8 Å². The van der Waals surface area contributed by atoms with Crippen molar-refractivity contribution in [2.24, 2.45) is 0 Å². The Kier molecular flexibility index (Phi) is 44.6. The normalized spacial score (nSPS) is 13.0. The van der Waals surface area contributed by atoms with Crippen molar-refractivity contribution in [2.45, 2.75) is 374 Å². The van der Waals surface area contributed by atoms with Crippen molar-refractivity contribution in [1.29, 1.82) is 0 Å². The van der Waals surface area contributed by atoms with Crippen LogP contribution in [-0.2, 0) is 60.0 Å². The maximum Gasteiger partial charge on any atom is 0.220 e. The van der Waals surface area contributed by atoms with Crippen LogP contribution < -0.4 is 20.1 Å². The zero-order valence-electron chi connectivity index (χ0n) is 65.9. The van der Waals surface area contributed by atoms with Crippen molar-refractivity contribution in [3.05, 3.63) is 65.1 Å². The molecule has 0 aliphatic carbocycles. The van der Waals surface area contributed by atoms with E-state index in [0.29, 0.717) is 106 Å². The smallest absolute Gasteiger partial charge is 0.220 e. The predicted molar refractivity (Wildman–Crippen MR) is 411 cm³/mol. The average molecular weight is 1460 g/mol. The molecular weight excluding hydrogens is 1310 g/mol. The Balaban J connectivity index is 0.0000442. The molecule has 0 aromatic heterocycles. The van der Waals surface area contributed by atoms with Gasteiger partial charge in [0.1, 0.15) is 11.5 Å². The molecule has 0 unspecified atom stereocenters. The number of hydrogen-bond acceptors (Lipinski definition) is 8. The van der Waals surface area contributed by atoms with Gasteiger partial charge in [0.15, 0.2) is 33.3 Å². The van der Waals surface area contributed by atoms with Crippen LogP contribution in [0.3, 0.4) is 0 Å². The molecule has 0 saturated carbocycles.